The Hall–Kier alpha value is -3.31. The molecule has 0 radical (unpaired) electrons. The first-order valence-electron chi connectivity index (χ1n) is 10.5. The molecule has 0 aromatic heterocycles. The van der Waals surface area contributed by atoms with Crippen LogP contribution in [0.25, 0.3) is 5.70 Å². The van der Waals surface area contributed by atoms with Crippen molar-refractivity contribution in [3.05, 3.63) is 101 Å². The van der Waals surface area contributed by atoms with Crippen LogP contribution in [-0.2, 0) is 13.0 Å². The molecule has 1 heterocycles. The van der Waals surface area contributed by atoms with Gasteiger partial charge >= 0.3 is 0 Å². The first-order valence-corrected chi connectivity index (χ1v) is 10.9. The number of benzene rings is 3. The van der Waals surface area contributed by atoms with Crippen molar-refractivity contribution in [1.29, 1.82) is 0 Å². The molecule has 1 aliphatic carbocycles. The molecule has 5 heteroatoms. The van der Waals surface area contributed by atoms with Crippen molar-refractivity contribution >= 4 is 23.0 Å². The Morgan fingerprint density at radius 3 is 2.61 bits per heavy atom. The summed E-state index contributed by atoms with van der Waals surface area (Å²) in [5.74, 6) is 1.76. The average Bonchev–Trinajstić information content (AvgIpc) is 2.82. The van der Waals surface area contributed by atoms with Crippen LogP contribution in [0.2, 0.25) is 0 Å². The number of rotatable bonds is 5. The smallest absolute Gasteiger partial charge is 0.171 e. The van der Waals surface area contributed by atoms with Crippen LogP contribution in [0.1, 0.15) is 34.7 Å². The van der Waals surface area contributed by atoms with Gasteiger partial charge < -0.3 is 20.1 Å². The van der Waals surface area contributed by atoms with Gasteiger partial charge in [0, 0.05) is 16.8 Å². The zero-order valence-electron chi connectivity index (χ0n) is 17.4. The highest BCUT2D eigenvalue weighted by molar-refractivity contribution is 7.80. The lowest BCUT2D eigenvalue weighted by atomic mass is 9.82. The third-order valence-electron chi connectivity index (χ3n) is 5.89. The van der Waals surface area contributed by atoms with Gasteiger partial charge in [-0.3, -0.25) is 0 Å². The predicted molar refractivity (Wildman–Crippen MR) is 127 cm³/mol. The molecule has 1 unspecified atom stereocenters. The van der Waals surface area contributed by atoms with E-state index in [0.29, 0.717) is 11.7 Å². The van der Waals surface area contributed by atoms with Gasteiger partial charge in [0.2, 0.25) is 0 Å². The van der Waals surface area contributed by atoms with Gasteiger partial charge in [0.25, 0.3) is 0 Å². The largest absolute Gasteiger partial charge is 0.496 e. The summed E-state index contributed by atoms with van der Waals surface area (Å²) < 4.78 is 11.7. The quantitative estimate of drug-likeness (QED) is 0.550. The minimum absolute atomic E-state index is 0.00190. The second-order valence-corrected chi connectivity index (χ2v) is 8.18. The molecule has 0 saturated heterocycles. The number of para-hydroxylation sites is 1. The van der Waals surface area contributed by atoms with Gasteiger partial charge in [0.15, 0.2) is 5.11 Å². The molecule has 4 nitrogen and oxygen atoms in total. The summed E-state index contributed by atoms with van der Waals surface area (Å²) in [6.07, 6.45) is 1.90. The molecule has 0 amide bonds. The molecule has 0 bridgehead atoms. The zero-order valence-corrected chi connectivity index (χ0v) is 18.2. The maximum Gasteiger partial charge on any atom is 0.171 e. The van der Waals surface area contributed by atoms with Gasteiger partial charge in [-0.25, -0.2) is 0 Å². The number of methoxy groups -OCH3 is 1. The third kappa shape index (κ3) is 3.89. The maximum atomic E-state index is 6.04. The molecule has 1 atom stereocenters. The molecule has 2 N–H and O–H groups in total. The van der Waals surface area contributed by atoms with Crippen molar-refractivity contribution in [3.8, 4) is 11.5 Å². The topological polar surface area (TPSA) is 42.5 Å². The fourth-order valence-electron chi connectivity index (χ4n) is 4.39. The summed E-state index contributed by atoms with van der Waals surface area (Å²) in [5.41, 5.74) is 7.15. The van der Waals surface area contributed by atoms with Gasteiger partial charge in [0.1, 0.15) is 18.1 Å². The second kappa shape index (κ2) is 8.44. The highest BCUT2D eigenvalue weighted by Crippen LogP contribution is 2.41. The van der Waals surface area contributed by atoms with Crippen molar-refractivity contribution in [2.45, 2.75) is 25.5 Å². The van der Waals surface area contributed by atoms with E-state index in [9.17, 15) is 0 Å². The molecule has 156 valence electrons. The summed E-state index contributed by atoms with van der Waals surface area (Å²) >= 11 is 5.56. The summed E-state index contributed by atoms with van der Waals surface area (Å²) in [6.45, 7) is 0.565. The van der Waals surface area contributed by atoms with Crippen LogP contribution < -0.4 is 20.1 Å². The van der Waals surface area contributed by atoms with Crippen LogP contribution in [0.15, 0.2) is 78.4 Å². The Labute approximate surface area is 187 Å². The highest BCUT2D eigenvalue weighted by Gasteiger charge is 2.32. The molecule has 0 saturated carbocycles. The number of hydrogen-bond acceptors (Lipinski definition) is 3. The van der Waals surface area contributed by atoms with E-state index >= 15 is 0 Å². The van der Waals surface area contributed by atoms with Crippen LogP contribution >= 0.6 is 12.2 Å². The fourth-order valence-corrected chi connectivity index (χ4v) is 4.61. The number of hydrogen-bond donors (Lipinski definition) is 2. The van der Waals surface area contributed by atoms with Crippen molar-refractivity contribution in [1.82, 2.24) is 10.6 Å². The predicted octanol–water partition coefficient (Wildman–Crippen LogP) is 5.15. The third-order valence-corrected chi connectivity index (χ3v) is 6.11. The molecule has 0 fully saturated rings. The van der Waals surface area contributed by atoms with Crippen molar-refractivity contribution < 1.29 is 9.47 Å². The van der Waals surface area contributed by atoms with Crippen molar-refractivity contribution in [2.75, 3.05) is 7.11 Å². The molecule has 31 heavy (non-hydrogen) atoms. The Morgan fingerprint density at radius 2 is 1.77 bits per heavy atom. The van der Waals surface area contributed by atoms with Gasteiger partial charge in [-0.1, -0.05) is 48.5 Å². The lowest BCUT2D eigenvalue weighted by Crippen LogP contribution is -2.44. The van der Waals surface area contributed by atoms with Crippen molar-refractivity contribution in [3.63, 3.8) is 0 Å². The van der Waals surface area contributed by atoms with Crippen LogP contribution in [0.3, 0.4) is 0 Å². The van der Waals surface area contributed by atoms with Crippen LogP contribution in [-0.4, -0.2) is 12.2 Å². The number of nitrogens with one attached hydrogen (secondary N) is 2. The molecule has 1 aliphatic heterocycles. The summed E-state index contributed by atoms with van der Waals surface area (Å²) in [6, 6.07) is 24.7. The summed E-state index contributed by atoms with van der Waals surface area (Å²) in [7, 11) is 1.71. The standard InChI is InChI=1S/C26H24N2O2S/c1-29-23-10-6-5-9-21(23)25-22-13-11-18-15-19(30-16-17-7-3-2-4-8-17)12-14-20(18)24(22)27-26(31)28-25/h2-10,12,14-15,25H,11,13,16H2,1H3,(H2,27,28,31). The van der Waals surface area contributed by atoms with E-state index < -0.39 is 0 Å². The second-order valence-electron chi connectivity index (χ2n) is 7.77. The van der Waals surface area contributed by atoms with Gasteiger partial charge in [0.05, 0.1) is 13.2 Å². The van der Waals surface area contributed by atoms with E-state index in [4.69, 9.17) is 21.7 Å². The van der Waals surface area contributed by atoms with Crippen LogP contribution in [0, 0.1) is 0 Å². The van der Waals surface area contributed by atoms with E-state index in [-0.39, 0.29) is 6.04 Å². The SMILES string of the molecule is COc1ccccc1C1NC(=S)NC2=C1CCc1cc(OCc3ccccc3)ccc12. The van der Waals surface area contributed by atoms with Crippen LogP contribution in [0.5, 0.6) is 11.5 Å². The summed E-state index contributed by atoms with van der Waals surface area (Å²) in [5, 5.41) is 7.48. The Bertz CT molecular complexity index is 1160. The van der Waals surface area contributed by atoms with E-state index in [2.05, 4.69) is 41.0 Å². The number of fused-ring (bicyclic) bond motifs is 2. The molecule has 2 aliphatic rings. The number of ether oxygens (including phenoxy) is 2. The fraction of sp³-hybridized carbons (Fsp3) is 0.192. The molecular weight excluding hydrogens is 404 g/mol. The molecule has 0 spiro atoms. The number of thiocarbonyl (C=S) groups is 1. The van der Waals surface area contributed by atoms with E-state index in [1.165, 1.54) is 16.7 Å². The van der Waals surface area contributed by atoms with Gasteiger partial charge in [-0.15, -0.1) is 0 Å². The first kappa shape index (κ1) is 19.6. The lowest BCUT2D eigenvalue weighted by Gasteiger charge is -2.36. The minimum Gasteiger partial charge on any atom is -0.496 e. The molecule has 3 aromatic rings. The molecule has 3 aromatic carbocycles. The van der Waals surface area contributed by atoms with Gasteiger partial charge in [-0.05, 0) is 66.0 Å². The van der Waals surface area contributed by atoms with Crippen molar-refractivity contribution in [2.24, 2.45) is 0 Å². The summed E-state index contributed by atoms with van der Waals surface area (Å²) in [4.78, 5) is 0. The Kier molecular flexibility index (Phi) is 5.35. The maximum absolute atomic E-state index is 6.04. The van der Waals surface area contributed by atoms with E-state index in [1.807, 2.05) is 42.5 Å². The first-order chi connectivity index (χ1) is 15.2. The Balaban J connectivity index is 1.46. The van der Waals surface area contributed by atoms with Gasteiger partial charge in [-0.2, -0.15) is 0 Å². The Morgan fingerprint density at radius 1 is 0.968 bits per heavy atom. The monoisotopic (exact) mass is 428 g/mol. The van der Waals surface area contributed by atoms with Crippen LogP contribution in [0.4, 0.5) is 0 Å². The average molecular weight is 429 g/mol. The van der Waals surface area contributed by atoms with E-state index in [1.54, 1.807) is 7.11 Å². The number of aryl methyl sites for hydroxylation is 1. The normalized spacial score (nSPS) is 17.2. The zero-order chi connectivity index (χ0) is 21.2. The molecule has 5 rings (SSSR count). The minimum atomic E-state index is 0.00190. The highest BCUT2D eigenvalue weighted by atomic mass is 32.1. The van der Waals surface area contributed by atoms with E-state index in [0.717, 1.165) is 41.2 Å². The molecular formula is C26H24N2O2S. The lowest BCUT2D eigenvalue weighted by molar-refractivity contribution is 0.306.